The first-order valence-corrected chi connectivity index (χ1v) is 6.35. The molecule has 2 amide bonds. The van der Waals surface area contributed by atoms with Gasteiger partial charge >= 0.3 is 5.97 Å². The molecule has 0 unspecified atom stereocenters. The van der Waals surface area contributed by atoms with Crippen LogP contribution in [0.3, 0.4) is 0 Å². The molecule has 0 bridgehead atoms. The summed E-state index contributed by atoms with van der Waals surface area (Å²) in [4.78, 5) is 36.0. The summed E-state index contributed by atoms with van der Waals surface area (Å²) < 4.78 is 3.93. The number of hydrogen-bond acceptors (Lipinski definition) is 5. The first-order valence-electron chi connectivity index (χ1n) is 5.57. The SMILES string of the molecule is Cc1nsc(N2C(=O)CCCCC2=O)c1C(=O)O. The van der Waals surface area contributed by atoms with Crippen molar-refractivity contribution >= 4 is 34.3 Å². The number of amides is 2. The Bertz CT molecular complexity index is 505. The highest BCUT2D eigenvalue weighted by Crippen LogP contribution is 2.31. The summed E-state index contributed by atoms with van der Waals surface area (Å²) in [6.07, 6.45) is 1.84. The van der Waals surface area contributed by atoms with Crippen molar-refractivity contribution in [1.29, 1.82) is 0 Å². The molecule has 96 valence electrons. The van der Waals surface area contributed by atoms with Gasteiger partial charge in [0.1, 0.15) is 10.6 Å². The van der Waals surface area contributed by atoms with Gasteiger partial charge in [-0.05, 0) is 31.3 Å². The fraction of sp³-hybridized carbons (Fsp3) is 0.455. The number of hydrogen-bond donors (Lipinski definition) is 1. The van der Waals surface area contributed by atoms with E-state index in [1.807, 2.05) is 0 Å². The summed E-state index contributed by atoms with van der Waals surface area (Å²) in [7, 11) is 0. The van der Waals surface area contributed by atoms with Crippen molar-refractivity contribution in [3.8, 4) is 0 Å². The van der Waals surface area contributed by atoms with Crippen molar-refractivity contribution in [3.63, 3.8) is 0 Å². The van der Waals surface area contributed by atoms with Crippen LogP contribution in [0.4, 0.5) is 5.00 Å². The minimum Gasteiger partial charge on any atom is -0.478 e. The Balaban J connectivity index is 2.49. The molecule has 0 saturated carbocycles. The van der Waals surface area contributed by atoms with Crippen molar-refractivity contribution < 1.29 is 19.5 Å². The fourth-order valence-electron chi connectivity index (χ4n) is 1.90. The number of aromatic nitrogens is 1. The second kappa shape index (κ2) is 4.85. The maximum absolute atomic E-state index is 11.9. The molecule has 18 heavy (non-hydrogen) atoms. The van der Waals surface area contributed by atoms with E-state index in [0.717, 1.165) is 16.4 Å². The molecule has 7 heteroatoms. The van der Waals surface area contributed by atoms with Gasteiger partial charge in [-0.15, -0.1) is 0 Å². The van der Waals surface area contributed by atoms with Crippen LogP contribution >= 0.6 is 11.5 Å². The largest absolute Gasteiger partial charge is 0.478 e. The molecule has 1 fully saturated rings. The Kier molecular flexibility index (Phi) is 3.42. The third-order valence-electron chi connectivity index (χ3n) is 2.79. The molecule has 0 spiro atoms. The number of rotatable bonds is 2. The zero-order valence-electron chi connectivity index (χ0n) is 9.80. The van der Waals surface area contributed by atoms with E-state index in [2.05, 4.69) is 4.37 Å². The van der Waals surface area contributed by atoms with Gasteiger partial charge in [0, 0.05) is 12.8 Å². The Morgan fingerprint density at radius 2 is 1.83 bits per heavy atom. The van der Waals surface area contributed by atoms with E-state index in [1.54, 1.807) is 6.92 Å². The van der Waals surface area contributed by atoms with Gasteiger partial charge in [0.05, 0.1) is 5.69 Å². The van der Waals surface area contributed by atoms with E-state index in [4.69, 9.17) is 5.11 Å². The monoisotopic (exact) mass is 268 g/mol. The van der Waals surface area contributed by atoms with Crippen LogP contribution in [0.1, 0.15) is 41.7 Å². The molecule has 6 nitrogen and oxygen atoms in total. The van der Waals surface area contributed by atoms with Crippen LogP contribution in [0, 0.1) is 6.92 Å². The Hall–Kier alpha value is -1.76. The molecule has 0 aliphatic carbocycles. The Morgan fingerprint density at radius 1 is 1.28 bits per heavy atom. The fourth-order valence-corrected chi connectivity index (χ4v) is 2.82. The summed E-state index contributed by atoms with van der Waals surface area (Å²) >= 11 is 0.881. The molecule has 1 aliphatic rings. The first-order chi connectivity index (χ1) is 8.52. The molecule has 1 aromatic heterocycles. The molecule has 1 aromatic rings. The molecule has 1 saturated heterocycles. The van der Waals surface area contributed by atoms with E-state index in [9.17, 15) is 14.4 Å². The summed E-state index contributed by atoms with van der Waals surface area (Å²) in [5, 5.41) is 9.26. The number of anilines is 1. The highest BCUT2D eigenvalue weighted by atomic mass is 32.1. The number of carbonyl (C=O) groups is 3. The standard InChI is InChI=1S/C11H12N2O4S/c1-6-9(11(16)17)10(18-12-6)13-7(14)4-2-3-5-8(13)15/h2-5H2,1H3,(H,16,17). The van der Waals surface area contributed by atoms with Gasteiger partial charge in [-0.2, -0.15) is 4.37 Å². The highest BCUT2D eigenvalue weighted by molar-refractivity contribution is 7.11. The topological polar surface area (TPSA) is 87.6 Å². The van der Waals surface area contributed by atoms with Crippen molar-refractivity contribution in [1.82, 2.24) is 4.37 Å². The molecule has 1 N–H and O–H groups in total. The van der Waals surface area contributed by atoms with Crippen LogP contribution in [-0.2, 0) is 9.59 Å². The quantitative estimate of drug-likeness (QED) is 0.823. The van der Waals surface area contributed by atoms with Gasteiger partial charge in [-0.25, -0.2) is 9.69 Å². The van der Waals surface area contributed by atoms with E-state index in [0.29, 0.717) is 18.5 Å². The lowest BCUT2D eigenvalue weighted by Gasteiger charge is -2.16. The molecule has 0 aromatic carbocycles. The van der Waals surface area contributed by atoms with Crippen LogP contribution in [-0.4, -0.2) is 27.3 Å². The number of imide groups is 1. The zero-order valence-corrected chi connectivity index (χ0v) is 10.6. The predicted octanol–water partition coefficient (Wildman–Crippen LogP) is 1.58. The third-order valence-corrected chi connectivity index (χ3v) is 3.72. The Labute approximate surface area is 107 Å². The summed E-state index contributed by atoms with van der Waals surface area (Å²) in [6, 6.07) is 0. The second-order valence-corrected chi connectivity index (χ2v) is 4.84. The molecule has 0 atom stereocenters. The number of aromatic carboxylic acids is 1. The lowest BCUT2D eigenvalue weighted by atomic mass is 10.2. The Morgan fingerprint density at radius 3 is 2.33 bits per heavy atom. The minimum absolute atomic E-state index is 0.0522. The molecular weight excluding hydrogens is 256 g/mol. The van der Waals surface area contributed by atoms with E-state index >= 15 is 0 Å². The normalized spacial score (nSPS) is 16.8. The second-order valence-electron chi connectivity index (χ2n) is 4.08. The number of carboxylic acids is 1. The van der Waals surface area contributed by atoms with E-state index < -0.39 is 5.97 Å². The van der Waals surface area contributed by atoms with Crippen LogP contribution in [0.15, 0.2) is 0 Å². The van der Waals surface area contributed by atoms with Gasteiger partial charge in [-0.1, -0.05) is 0 Å². The van der Waals surface area contributed by atoms with Crippen LogP contribution < -0.4 is 4.90 Å². The van der Waals surface area contributed by atoms with Gasteiger partial charge in [0.25, 0.3) is 0 Å². The van der Waals surface area contributed by atoms with Gasteiger partial charge in [0.2, 0.25) is 11.8 Å². The van der Waals surface area contributed by atoms with Gasteiger partial charge in [0.15, 0.2) is 0 Å². The number of nitrogens with zero attached hydrogens (tertiary/aromatic N) is 2. The molecule has 0 radical (unpaired) electrons. The maximum Gasteiger partial charge on any atom is 0.340 e. The smallest absolute Gasteiger partial charge is 0.340 e. The average molecular weight is 268 g/mol. The number of aryl methyl sites for hydroxylation is 1. The van der Waals surface area contributed by atoms with Crippen molar-refractivity contribution in [3.05, 3.63) is 11.3 Å². The average Bonchev–Trinajstić information content (AvgIpc) is 2.58. The third kappa shape index (κ3) is 2.13. The summed E-state index contributed by atoms with van der Waals surface area (Å²) in [5.74, 6) is -1.85. The minimum atomic E-state index is -1.17. The number of carbonyl (C=O) groups excluding carboxylic acids is 2. The highest BCUT2D eigenvalue weighted by Gasteiger charge is 2.32. The maximum atomic E-state index is 11.9. The first kappa shape index (κ1) is 12.7. The molecule has 2 rings (SSSR count). The van der Waals surface area contributed by atoms with Gasteiger partial charge < -0.3 is 5.11 Å². The van der Waals surface area contributed by atoms with Crippen LogP contribution in [0.5, 0.6) is 0 Å². The van der Waals surface area contributed by atoms with Crippen molar-refractivity contribution in [2.45, 2.75) is 32.6 Å². The van der Waals surface area contributed by atoms with Gasteiger partial charge in [-0.3, -0.25) is 9.59 Å². The van der Waals surface area contributed by atoms with Crippen LogP contribution in [0.25, 0.3) is 0 Å². The molecule has 2 heterocycles. The molecular formula is C11H12N2O4S. The summed E-state index contributed by atoms with van der Waals surface area (Å²) in [6.45, 7) is 1.55. The lowest BCUT2D eigenvalue weighted by molar-refractivity contribution is -0.125. The number of carboxylic acid groups (broad SMARTS) is 1. The van der Waals surface area contributed by atoms with Crippen LogP contribution in [0.2, 0.25) is 0 Å². The lowest BCUT2D eigenvalue weighted by Crippen LogP contribution is -2.35. The predicted molar refractivity (Wildman–Crippen MR) is 64.8 cm³/mol. The van der Waals surface area contributed by atoms with E-state index in [-0.39, 0.29) is 35.2 Å². The van der Waals surface area contributed by atoms with E-state index in [1.165, 1.54) is 0 Å². The van der Waals surface area contributed by atoms with Crippen molar-refractivity contribution in [2.24, 2.45) is 0 Å². The molecule has 1 aliphatic heterocycles. The summed E-state index contributed by atoms with van der Waals surface area (Å²) in [5.41, 5.74) is 0.274. The van der Waals surface area contributed by atoms with Crippen molar-refractivity contribution in [2.75, 3.05) is 4.90 Å². The zero-order chi connectivity index (χ0) is 13.3.